The molecule has 1 amide bonds. The number of nitrogens with one attached hydrogen (secondary N) is 1. The summed E-state index contributed by atoms with van der Waals surface area (Å²) in [5.74, 6) is -4.03. The first-order valence-electron chi connectivity index (χ1n) is 6.07. The molecule has 0 bridgehead atoms. The lowest BCUT2D eigenvalue weighted by atomic mass is 10.1. The van der Waals surface area contributed by atoms with Gasteiger partial charge in [0, 0.05) is 11.7 Å². The summed E-state index contributed by atoms with van der Waals surface area (Å²) >= 11 is 0.152. The van der Waals surface area contributed by atoms with Crippen LogP contribution in [0.2, 0.25) is 0 Å². The number of aromatic nitrogens is 1. The highest BCUT2D eigenvalue weighted by atomic mass is 32.2. The smallest absolute Gasteiger partial charge is 0.341 e. The molecule has 0 radical (unpaired) electrons. The van der Waals surface area contributed by atoms with E-state index in [0.29, 0.717) is 0 Å². The molecule has 0 atom stereocenters. The topological polar surface area (TPSA) is 68.3 Å². The standard InChI is InChI=1S/C13H16F2N2O3S/c1-13(2,3)17-9(18)7-20-11(19)8-5-4-6-16-10(8)21-12(14)15/h4-6,12H,7H2,1-3H3,(H,17,18). The van der Waals surface area contributed by atoms with Crippen LogP contribution in [0, 0.1) is 0 Å². The Morgan fingerprint density at radius 1 is 1.43 bits per heavy atom. The van der Waals surface area contributed by atoms with E-state index in [-0.39, 0.29) is 22.4 Å². The van der Waals surface area contributed by atoms with Crippen molar-refractivity contribution in [2.75, 3.05) is 6.61 Å². The van der Waals surface area contributed by atoms with Crippen molar-refractivity contribution in [1.82, 2.24) is 10.3 Å². The highest BCUT2D eigenvalue weighted by molar-refractivity contribution is 7.99. The van der Waals surface area contributed by atoms with E-state index in [1.165, 1.54) is 18.3 Å². The Labute approximate surface area is 125 Å². The van der Waals surface area contributed by atoms with Gasteiger partial charge in [-0.15, -0.1) is 0 Å². The van der Waals surface area contributed by atoms with Crippen LogP contribution in [0.3, 0.4) is 0 Å². The number of nitrogens with zero attached hydrogens (tertiary/aromatic N) is 1. The molecule has 0 saturated heterocycles. The van der Waals surface area contributed by atoms with Gasteiger partial charge in [0.2, 0.25) is 0 Å². The Hall–Kier alpha value is -1.70. The zero-order chi connectivity index (χ0) is 16.0. The molecular weight excluding hydrogens is 302 g/mol. The quantitative estimate of drug-likeness (QED) is 0.667. The van der Waals surface area contributed by atoms with E-state index >= 15 is 0 Å². The van der Waals surface area contributed by atoms with E-state index in [1.54, 1.807) is 20.8 Å². The third-order valence-corrected chi connectivity index (χ3v) is 2.77. The number of ether oxygens (including phenoxy) is 1. The van der Waals surface area contributed by atoms with E-state index in [4.69, 9.17) is 4.74 Å². The molecule has 1 heterocycles. The van der Waals surface area contributed by atoms with Crippen molar-refractivity contribution in [2.24, 2.45) is 0 Å². The first kappa shape index (κ1) is 17.4. The Morgan fingerprint density at radius 2 is 2.10 bits per heavy atom. The molecule has 0 aromatic carbocycles. The zero-order valence-corrected chi connectivity index (χ0v) is 12.7. The van der Waals surface area contributed by atoms with Gasteiger partial charge >= 0.3 is 5.97 Å². The summed E-state index contributed by atoms with van der Waals surface area (Å²) in [7, 11) is 0. The molecule has 1 rings (SSSR count). The van der Waals surface area contributed by atoms with Crippen LogP contribution in [0.25, 0.3) is 0 Å². The summed E-state index contributed by atoms with van der Waals surface area (Å²) in [5, 5.41) is 2.48. The number of hydrogen-bond donors (Lipinski definition) is 1. The molecule has 116 valence electrons. The lowest BCUT2D eigenvalue weighted by molar-refractivity contribution is -0.125. The lowest BCUT2D eigenvalue weighted by Crippen LogP contribution is -2.42. The monoisotopic (exact) mass is 318 g/mol. The fourth-order valence-corrected chi connectivity index (χ4v) is 1.96. The van der Waals surface area contributed by atoms with Gasteiger partial charge in [0.25, 0.3) is 11.7 Å². The molecule has 0 fully saturated rings. The third-order valence-electron chi connectivity index (χ3n) is 2.04. The SMILES string of the molecule is CC(C)(C)NC(=O)COC(=O)c1cccnc1SC(F)F. The van der Waals surface area contributed by atoms with Crippen LogP contribution < -0.4 is 5.32 Å². The summed E-state index contributed by atoms with van der Waals surface area (Å²) in [5.41, 5.74) is -0.541. The van der Waals surface area contributed by atoms with Gasteiger partial charge in [-0.25, -0.2) is 9.78 Å². The number of amides is 1. The van der Waals surface area contributed by atoms with Crippen LogP contribution in [-0.4, -0.2) is 34.8 Å². The fourth-order valence-electron chi connectivity index (χ4n) is 1.39. The largest absolute Gasteiger partial charge is 0.452 e. The average molecular weight is 318 g/mol. The van der Waals surface area contributed by atoms with Crippen molar-refractivity contribution in [3.8, 4) is 0 Å². The van der Waals surface area contributed by atoms with Gasteiger partial charge in [-0.05, 0) is 44.7 Å². The number of hydrogen-bond acceptors (Lipinski definition) is 5. The maximum absolute atomic E-state index is 12.4. The number of halogens is 2. The lowest BCUT2D eigenvalue weighted by Gasteiger charge is -2.20. The number of rotatable bonds is 5. The van der Waals surface area contributed by atoms with E-state index in [2.05, 4.69) is 10.3 Å². The number of carbonyl (C=O) groups is 2. The zero-order valence-electron chi connectivity index (χ0n) is 11.9. The molecule has 1 aromatic rings. The molecule has 5 nitrogen and oxygen atoms in total. The van der Waals surface area contributed by atoms with Gasteiger partial charge in [0.1, 0.15) is 5.03 Å². The van der Waals surface area contributed by atoms with Crippen molar-refractivity contribution in [3.05, 3.63) is 23.9 Å². The number of thioether (sulfide) groups is 1. The highest BCUT2D eigenvalue weighted by Gasteiger charge is 2.20. The van der Waals surface area contributed by atoms with Crippen molar-refractivity contribution >= 4 is 23.6 Å². The normalized spacial score (nSPS) is 11.3. The molecular formula is C13H16F2N2O3S. The first-order chi connectivity index (χ1) is 9.69. The molecule has 1 aromatic heterocycles. The van der Waals surface area contributed by atoms with Crippen molar-refractivity contribution in [1.29, 1.82) is 0 Å². The minimum atomic E-state index is -2.70. The number of carbonyl (C=O) groups excluding carboxylic acids is 2. The molecule has 0 aliphatic heterocycles. The maximum Gasteiger partial charge on any atom is 0.341 e. The minimum absolute atomic E-state index is 0.0913. The molecule has 0 aliphatic carbocycles. The van der Waals surface area contributed by atoms with Gasteiger partial charge < -0.3 is 10.1 Å². The highest BCUT2D eigenvalue weighted by Crippen LogP contribution is 2.26. The van der Waals surface area contributed by atoms with Crippen LogP contribution in [-0.2, 0) is 9.53 Å². The van der Waals surface area contributed by atoms with Gasteiger partial charge in [0.05, 0.1) is 5.56 Å². The number of pyridine rings is 1. The maximum atomic E-state index is 12.4. The third kappa shape index (κ3) is 6.52. The van der Waals surface area contributed by atoms with Gasteiger partial charge in [-0.3, -0.25) is 4.79 Å². The Kier molecular flexibility index (Phi) is 6.07. The molecule has 21 heavy (non-hydrogen) atoms. The first-order valence-corrected chi connectivity index (χ1v) is 6.95. The predicted octanol–water partition coefficient (Wildman–Crippen LogP) is 2.47. The van der Waals surface area contributed by atoms with Crippen molar-refractivity contribution < 1.29 is 23.1 Å². The predicted molar refractivity (Wildman–Crippen MR) is 74.3 cm³/mol. The second-order valence-corrected chi connectivity index (χ2v) is 6.09. The molecule has 0 spiro atoms. The average Bonchev–Trinajstić information content (AvgIpc) is 2.34. The van der Waals surface area contributed by atoms with E-state index in [0.717, 1.165) is 0 Å². The van der Waals surface area contributed by atoms with Crippen LogP contribution in [0.1, 0.15) is 31.1 Å². The second-order valence-electron chi connectivity index (χ2n) is 5.11. The molecule has 1 N–H and O–H groups in total. The molecule has 0 unspecified atom stereocenters. The Balaban J connectivity index is 2.66. The second kappa shape index (κ2) is 7.35. The molecule has 8 heteroatoms. The van der Waals surface area contributed by atoms with Gasteiger partial charge in [-0.2, -0.15) is 8.78 Å². The van der Waals surface area contributed by atoms with E-state index < -0.39 is 29.8 Å². The van der Waals surface area contributed by atoms with Crippen molar-refractivity contribution in [3.63, 3.8) is 0 Å². The van der Waals surface area contributed by atoms with Gasteiger partial charge in [-0.1, -0.05) is 0 Å². The molecule has 0 aliphatic rings. The molecule has 0 saturated carbocycles. The number of esters is 1. The van der Waals surface area contributed by atoms with Crippen molar-refractivity contribution in [2.45, 2.75) is 37.1 Å². The summed E-state index contributed by atoms with van der Waals surface area (Å²) in [6, 6.07) is 2.75. The van der Waals surface area contributed by atoms with Gasteiger partial charge in [0.15, 0.2) is 6.61 Å². The Bertz CT molecular complexity index is 518. The summed E-state index contributed by atoms with van der Waals surface area (Å²) in [4.78, 5) is 27.1. The van der Waals surface area contributed by atoms with Crippen LogP contribution >= 0.6 is 11.8 Å². The summed E-state index contributed by atoms with van der Waals surface area (Å²) < 4.78 is 29.5. The van der Waals surface area contributed by atoms with Crippen LogP contribution in [0.5, 0.6) is 0 Å². The minimum Gasteiger partial charge on any atom is -0.452 e. The Morgan fingerprint density at radius 3 is 2.67 bits per heavy atom. The van der Waals surface area contributed by atoms with Crippen LogP contribution in [0.15, 0.2) is 23.4 Å². The summed E-state index contributed by atoms with van der Waals surface area (Å²) in [6.45, 7) is 4.87. The van der Waals surface area contributed by atoms with E-state index in [9.17, 15) is 18.4 Å². The summed E-state index contributed by atoms with van der Waals surface area (Å²) in [6.07, 6.45) is 1.30. The number of alkyl halides is 2. The van der Waals surface area contributed by atoms with Crippen LogP contribution in [0.4, 0.5) is 8.78 Å². The van der Waals surface area contributed by atoms with E-state index in [1.807, 2.05) is 0 Å². The fraction of sp³-hybridized carbons (Fsp3) is 0.462.